The van der Waals surface area contributed by atoms with E-state index in [2.05, 4.69) is 10.1 Å². The first-order valence-corrected chi connectivity index (χ1v) is 10.5. The summed E-state index contributed by atoms with van der Waals surface area (Å²) >= 11 is 10.8. The van der Waals surface area contributed by atoms with Crippen molar-refractivity contribution in [2.45, 2.75) is 32.0 Å². The van der Waals surface area contributed by atoms with E-state index in [9.17, 15) is 27.2 Å². The average molecular weight is 576 g/mol. The van der Waals surface area contributed by atoms with Crippen LogP contribution in [0.3, 0.4) is 0 Å². The molecule has 0 aromatic heterocycles. The summed E-state index contributed by atoms with van der Waals surface area (Å²) in [5, 5.41) is 9.00. The standard InChI is InChI=1S/C21H19ClF5N3O4S.ClH/c1-7(2)34-20(32)14-13(11-9(24)5-4-8(22)15(11)21(25,26)27)12(19(31)33-3)10(6-23)30-16(14)17(35)18(28)29;/h4-5,7,13,30H,6H2,1-3H3,(H3,28,29);1H. The number of hydrogen-bond donors (Lipinski definition) is 3. The predicted molar refractivity (Wildman–Crippen MR) is 127 cm³/mol. The number of carbonyl (C=O) groups excluding carboxylic acids is 2. The summed E-state index contributed by atoms with van der Waals surface area (Å²) in [6, 6.07) is 1.23. The van der Waals surface area contributed by atoms with Crippen LogP contribution in [0.25, 0.3) is 0 Å². The second-order valence-corrected chi connectivity index (χ2v) is 8.19. The van der Waals surface area contributed by atoms with E-state index in [1.165, 1.54) is 13.8 Å². The van der Waals surface area contributed by atoms with E-state index < -0.39 is 92.0 Å². The fourth-order valence-electron chi connectivity index (χ4n) is 3.44. The van der Waals surface area contributed by atoms with Crippen LogP contribution in [0.2, 0.25) is 5.02 Å². The second kappa shape index (κ2) is 12.0. The lowest BCUT2D eigenvalue weighted by Crippen LogP contribution is -2.40. The molecule has 7 nitrogen and oxygen atoms in total. The Kier molecular flexibility index (Phi) is 10.4. The number of nitrogens with two attached hydrogens (primary N) is 1. The minimum absolute atomic E-state index is 0. The number of ether oxygens (including phenoxy) is 2. The van der Waals surface area contributed by atoms with Crippen molar-refractivity contribution in [3.8, 4) is 0 Å². The SMILES string of the molecule is COC(=O)C1=C(CF)NC(C(=S)C(=N)N)=C(C(=O)OC(C)C)C1c1c(F)ccc(Cl)c1C(F)(F)F.Cl. The van der Waals surface area contributed by atoms with Gasteiger partial charge in [-0.05, 0) is 26.0 Å². The first-order valence-electron chi connectivity index (χ1n) is 9.70. The molecule has 1 aliphatic rings. The van der Waals surface area contributed by atoms with Crippen LogP contribution in [0.15, 0.2) is 34.7 Å². The van der Waals surface area contributed by atoms with Crippen molar-refractivity contribution < 1.29 is 41.0 Å². The van der Waals surface area contributed by atoms with Crippen LogP contribution in [0.5, 0.6) is 0 Å². The molecular formula is C21H20Cl2F5N3O4S. The van der Waals surface area contributed by atoms with Gasteiger partial charge in [-0.15, -0.1) is 12.4 Å². The van der Waals surface area contributed by atoms with E-state index in [0.717, 1.165) is 7.11 Å². The van der Waals surface area contributed by atoms with Crippen LogP contribution in [-0.4, -0.2) is 42.5 Å². The summed E-state index contributed by atoms with van der Waals surface area (Å²) in [6.07, 6.45) is -6.10. The molecular weight excluding hydrogens is 556 g/mol. The number of halogens is 7. The third-order valence-corrected chi connectivity index (χ3v) is 5.47. The van der Waals surface area contributed by atoms with Gasteiger partial charge in [0, 0.05) is 5.56 Å². The lowest BCUT2D eigenvalue weighted by atomic mass is 9.77. The third kappa shape index (κ3) is 6.13. The number of dihydropyridines is 1. The van der Waals surface area contributed by atoms with Crippen LogP contribution in [0, 0.1) is 11.2 Å². The lowest BCUT2D eigenvalue weighted by Gasteiger charge is -2.33. The highest BCUT2D eigenvalue weighted by molar-refractivity contribution is 7.82. The summed E-state index contributed by atoms with van der Waals surface area (Å²) in [6.45, 7) is 1.33. The van der Waals surface area contributed by atoms with Gasteiger partial charge in [-0.25, -0.2) is 18.4 Å². The number of allylic oxidation sites excluding steroid dienone is 1. The third-order valence-electron chi connectivity index (χ3n) is 4.73. The Labute approximate surface area is 218 Å². The van der Waals surface area contributed by atoms with Crippen molar-refractivity contribution in [2.75, 3.05) is 13.8 Å². The topological polar surface area (TPSA) is 115 Å². The number of amidine groups is 1. The molecule has 0 amide bonds. The Balaban J connectivity index is 0.00000648. The molecule has 198 valence electrons. The molecule has 0 radical (unpaired) electrons. The predicted octanol–water partition coefficient (Wildman–Crippen LogP) is 4.51. The zero-order valence-corrected chi connectivity index (χ0v) is 21.2. The van der Waals surface area contributed by atoms with E-state index in [0.29, 0.717) is 12.1 Å². The van der Waals surface area contributed by atoms with Crippen molar-refractivity contribution in [2.24, 2.45) is 5.73 Å². The van der Waals surface area contributed by atoms with Crippen molar-refractivity contribution in [3.05, 3.63) is 56.6 Å². The van der Waals surface area contributed by atoms with Gasteiger partial charge < -0.3 is 20.5 Å². The molecule has 0 spiro atoms. The van der Waals surface area contributed by atoms with E-state index >= 15 is 4.39 Å². The van der Waals surface area contributed by atoms with Crippen molar-refractivity contribution in [1.82, 2.24) is 5.32 Å². The van der Waals surface area contributed by atoms with Crippen LogP contribution < -0.4 is 11.1 Å². The van der Waals surface area contributed by atoms with Crippen LogP contribution in [0.1, 0.15) is 30.9 Å². The molecule has 0 aliphatic carbocycles. The summed E-state index contributed by atoms with van der Waals surface area (Å²) in [5.74, 6) is -7.29. The monoisotopic (exact) mass is 575 g/mol. The van der Waals surface area contributed by atoms with E-state index in [4.69, 9.17) is 39.7 Å². The zero-order valence-electron chi connectivity index (χ0n) is 18.8. The molecule has 0 fully saturated rings. The molecule has 1 aromatic carbocycles. The van der Waals surface area contributed by atoms with Crippen molar-refractivity contribution in [1.29, 1.82) is 5.41 Å². The molecule has 0 saturated carbocycles. The molecule has 1 atom stereocenters. The minimum Gasteiger partial charge on any atom is -0.466 e. The average Bonchev–Trinajstić information content (AvgIpc) is 2.76. The van der Waals surface area contributed by atoms with Gasteiger partial charge in [-0.1, -0.05) is 23.8 Å². The molecule has 0 saturated heterocycles. The number of carbonyl (C=O) groups is 2. The van der Waals surface area contributed by atoms with Gasteiger partial charge in [-0.3, -0.25) is 5.41 Å². The quantitative estimate of drug-likeness (QED) is 0.144. The fraction of sp³-hybridized carbons (Fsp3) is 0.333. The first kappa shape index (κ1) is 31.3. The highest BCUT2D eigenvalue weighted by Gasteiger charge is 2.47. The lowest BCUT2D eigenvalue weighted by molar-refractivity contribution is -0.144. The van der Waals surface area contributed by atoms with Gasteiger partial charge in [0.2, 0.25) is 0 Å². The molecule has 4 N–H and O–H groups in total. The number of thiocarbonyl (C=S) groups is 1. The van der Waals surface area contributed by atoms with E-state index in [-0.39, 0.29) is 12.4 Å². The Hall–Kier alpha value is -2.77. The maximum Gasteiger partial charge on any atom is 0.418 e. The second-order valence-electron chi connectivity index (χ2n) is 7.38. The molecule has 0 bridgehead atoms. The normalized spacial score (nSPS) is 15.8. The fourth-order valence-corrected chi connectivity index (χ4v) is 3.88. The highest BCUT2D eigenvalue weighted by Crippen LogP contribution is 2.48. The highest BCUT2D eigenvalue weighted by atomic mass is 35.5. The molecule has 36 heavy (non-hydrogen) atoms. The number of esters is 2. The van der Waals surface area contributed by atoms with Gasteiger partial charge in [0.05, 0.1) is 52.3 Å². The van der Waals surface area contributed by atoms with Gasteiger partial charge >= 0.3 is 18.1 Å². The van der Waals surface area contributed by atoms with Gasteiger partial charge in [-0.2, -0.15) is 13.2 Å². The number of hydrogen-bond acceptors (Lipinski definition) is 7. The number of nitrogens with one attached hydrogen (secondary N) is 2. The molecule has 1 heterocycles. The molecule has 1 aliphatic heterocycles. The molecule has 1 unspecified atom stereocenters. The van der Waals surface area contributed by atoms with Crippen LogP contribution >= 0.6 is 36.2 Å². The van der Waals surface area contributed by atoms with Gasteiger partial charge in [0.15, 0.2) is 0 Å². The minimum atomic E-state index is -5.27. The Bertz CT molecular complexity index is 1170. The number of benzene rings is 1. The summed E-state index contributed by atoms with van der Waals surface area (Å²) < 4.78 is 81.2. The Morgan fingerprint density at radius 3 is 2.28 bits per heavy atom. The Morgan fingerprint density at radius 2 is 1.83 bits per heavy atom. The largest absolute Gasteiger partial charge is 0.466 e. The van der Waals surface area contributed by atoms with Gasteiger partial charge in [0.1, 0.15) is 23.2 Å². The zero-order chi connectivity index (χ0) is 26.8. The maximum absolute atomic E-state index is 15.2. The van der Waals surface area contributed by atoms with Crippen LogP contribution in [-0.2, 0) is 25.2 Å². The summed E-state index contributed by atoms with van der Waals surface area (Å²) in [5.41, 5.74) is -0.524. The summed E-state index contributed by atoms with van der Waals surface area (Å²) in [4.78, 5) is 25.2. The molecule has 15 heteroatoms. The first-order chi connectivity index (χ1) is 16.2. The Morgan fingerprint density at radius 1 is 1.25 bits per heavy atom. The van der Waals surface area contributed by atoms with Gasteiger partial charge in [0.25, 0.3) is 0 Å². The molecule has 1 aromatic rings. The number of methoxy groups -OCH3 is 1. The number of rotatable bonds is 7. The number of alkyl halides is 4. The van der Waals surface area contributed by atoms with Crippen molar-refractivity contribution >= 4 is 58.9 Å². The van der Waals surface area contributed by atoms with E-state index in [1.54, 1.807) is 0 Å². The summed E-state index contributed by atoms with van der Waals surface area (Å²) in [7, 11) is 0.854. The van der Waals surface area contributed by atoms with E-state index in [1.807, 2.05) is 0 Å². The smallest absolute Gasteiger partial charge is 0.418 e. The van der Waals surface area contributed by atoms with Crippen molar-refractivity contribution in [3.63, 3.8) is 0 Å². The molecule has 2 rings (SSSR count). The maximum atomic E-state index is 15.2. The van der Waals surface area contributed by atoms with Crippen LogP contribution in [0.4, 0.5) is 22.0 Å².